The Morgan fingerprint density at radius 1 is 0.694 bits per heavy atom. The van der Waals surface area contributed by atoms with Gasteiger partial charge in [0.1, 0.15) is 5.54 Å². The summed E-state index contributed by atoms with van der Waals surface area (Å²) in [6.07, 6.45) is 16.0. The van der Waals surface area contributed by atoms with Crippen LogP contribution in [0.15, 0.2) is 104 Å². The van der Waals surface area contributed by atoms with Crippen LogP contribution in [0.4, 0.5) is 0 Å². The smallest absolute Gasteiger partial charge is 0.121 e. The monoisotopic (exact) mass is 477 g/mol. The van der Waals surface area contributed by atoms with Crippen molar-refractivity contribution in [3.8, 4) is 0 Å². The third kappa shape index (κ3) is 5.47. The first-order valence-corrected chi connectivity index (χ1v) is 13.8. The second kappa shape index (κ2) is 12.2. The van der Waals surface area contributed by atoms with Crippen molar-refractivity contribution in [3.05, 3.63) is 126 Å². The van der Waals surface area contributed by atoms with Crippen LogP contribution in [0.3, 0.4) is 0 Å². The van der Waals surface area contributed by atoms with Gasteiger partial charge in [-0.2, -0.15) is 0 Å². The first-order chi connectivity index (χ1) is 17.9. The van der Waals surface area contributed by atoms with Gasteiger partial charge in [-0.1, -0.05) is 117 Å². The Kier molecular flexibility index (Phi) is 8.30. The molecule has 1 saturated carbocycles. The van der Waals surface area contributed by atoms with Gasteiger partial charge in [-0.05, 0) is 55.3 Å². The van der Waals surface area contributed by atoms with Crippen molar-refractivity contribution < 1.29 is 0 Å². The molecule has 3 nitrogen and oxygen atoms in total. The summed E-state index contributed by atoms with van der Waals surface area (Å²) >= 11 is 0. The van der Waals surface area contributed by atoms with E-state index >= 15 is 0 Å². The number of benzene rings is 3. The maximum absolute atomic E-state index is 4.90. The molecule has 0 radical (unpaired) electrons. The summed E-state index contributed by atoms with van der Waals surface area (Å²) in [5, 5.41) is 3.82. The van der Waals surface area contributed by atoms with Crippen LogP contribution in [-0.4, -0.2) is 22.1 Å². The van der Waals surface area contributed by atoms with Crippen LogP contribution in [0.1, 0.15) is 73.8 Å². The maximum atomic E-state index is 4.90. The van der Waals surface area contributed by atoms with E-state index in [1.807, 2.05) is 6.33 Å². The van der Waals surface area contributed by atoms with Crippen molar-refractivity contribution in [2.75, 3.05) is 6.54 Å². The number of nitrogens with one attached hydrogen (secondary N) is 1. The topological polar surface area (TPSA) is 29.9 Å². The largest absolute Gasteiger partial charge is 0.319 e. The third-order valence-electron chi connectivity index (χ3n) is 7.75. The van der Waals surface area contributed by atoms with Crippen molar-refractivity contribution in [3.63, 3.8) is 0 Å². The van der Waals surface area contributed by atoms with Crippen LogP contribution in [0.25, 0.3) is 0 Å². The molecular formula is C33H39N3. The van der Waals surface area contributed by atoms with E-state index in [9.17, 15) is 0 Å². The zero-order valence-electron chi connectivity index (χ0n) is 21.4. The number of imidazole rings is 1. The highest BCUT2D eigenvalue weighted by Gasteiger charge is 2.38. The molecule has 3 heteroatoms. The quantitative estimate of drug-likeness (QED) is 0.147. The Morgan fingerprint density at radius 2 is 1.22 bits per heavy atom. The Morgan fingerprint density at radius 3 is 1.75 bits per heavy atom. The van der Waals surface area contributed by atoms with Crippen molar-refractivity contribution in [1.82, 2.24) is 14.9 Å². The van der Waals surface area contributed by atoms with Gasteiger partial charge in [0, 0.05) is 12.2 Å². The summed E-state index contributed by atoms with van der Waals surface area (Å²) in [7, 11) is 0. The average Bonchev–Trinajstić information content (AvgIpc) is 3.25. The highest BCUT2D eigenvalue weighted by Crippen LogP contribution is 2.40. The molecule has 0 aliphatic heterocycles. The van der Waals surface area contributed by atoms with Crippen LogP contribution in [0.5, 0.6) is 0 Å². The number of rotatable bonds is 10. The molecule has 1 N–H and O–H groups in total. The Bertz CT molecular complexity index is 1060. The molecule has 0 saturated heterocycles. The lowest BCUT2D eigenvalue weighted by atomic mass is 9.77. The second-order valence-corrected chi connectivity index (χ2v) is 10.2. The lowest BCUT2D eigenvalue weighted by Gasteiger charge is -2.37. The minimum atomic E-state index is -0.476. The zero-order valence-corrected chi connectivity index (χ0v) is 21.4. The lowest BCUT2D eigenvalue weighted by Crippen LogP contribution is -2.36. The van der Waals surface area contributed by atoms with E-state index < -0.39 is 5.54 Å². The molecule has 36 heavy (non-hydrogen) atoms. The van der Waals surface area contributed by atoms with Crippen LogP contribution in [0.2, 0.25) is 0 Å². The van der Waals surface area contributed by atoms with Gasteiger partial charge in [0.2, 0.25) is 0 Å². The van der Waals surface area contributed by atoms with Gasteiger partial charge >= 0.3 is 0 Å². The van der Waals surface area contributed by atoms with Crippen LogP contribution < -0.4 is 5.32 Å². The number of aromatic nitrogens is 2. The number of aryl methyl sites for hydroxylation is 1. The molecule has 4 aromatic rings. The molecule has 3 aromatic carbocycles. The van der Waals surface area contributed by atoms with E-state index in [0.29, 0.717) is 0 Å². The van der Waals surface area contributed by atoms with Gasteiger partial charge in [-0.15, -0.1) is 0 Å². The first-order valence-electron chi connectivity index (χ1n) is 13.8. The van der Waals surface area contributed by atoms with Gasteiger partial charge in [0.05, 0.1) is 12.0 Å². The molecule has 1 heterocycles. The molecule has 1 aromatic heterocycles. The molecular weight excluding hydrogens is 438 g/mol. The maximum Gasteiger partial charge on any atom is 0.121 e. The van der Waals surface area contributed by atoms with Crippen LogP contribution in [0, 0.1) is 0 Å². The van der Waals surface area contributed by atoms with E-state index in [0.717, 1.165) is 31.1 Å². The van der Waals surface area contributed by atoms with Gasteiger partial charge in [-0.25, -0.2) is 4.98 Å². The predicted molar refractivity (Wildman–Crippen MR) is 149 cm³/mol. The highest BCUT2D eigenvalue weighted by molar-refractivity contribution is 5.50. The summed E-state index contributed by atoms with van der Waals surface area (Å²) in [5.41, 5.74) is 4.39. The lowest BCUT2D eigenvalue weighted by molar-refractivity contribution is 0.451. The molecule has 186 valence electrons. The van der Waals surface area contributed by atoms with Crippen molar-refractivity contribution >= 4 is 0 Å². The molecule has 0 amide bonds. The van der Waals surface area contributed by atoms with E-state index in [2.05, 4.69) is 107 Å². The average molecular weight is 478 g/mol. The summed E-state index contributed by atoms with van der Waals surface area (Å²) in [6, 6.07) is 33.2. The minimum Gasteiger partial charge on any atom is -0.319 e. The van der Waals surface area contributed by atoms with Crippen molar-refractivity contribution in [1.29, 1.82) is 0 Å². The molecule has 0 unspecified atom stereocenters. The standard InChI is InChI=1S/C33H39N3/c1-2-13-23-31(22-12-1)34-25-15-14-24-32-26-36(27-35-32)33(28-16-6-3-7-17-28,29-18-8-4-9-19-29)30-20-10-5-11-21-30/h3-11,16-21,26-27,31,34H,1-2,12-15,22-25H2. The number of nitrogens with zero attached hydrogens (tertiary/aromatic N) is 2. The summed E-state index contributed by atoms with van der Waals surface area (Å²) < 4.78 is 2.33. The van der Waals surface area contributed by atoms with Crippen molar-refractivity contribution in [2.24, 2.45) is 0 Å². The number of hydrogen-bond acceptors (Lipinski definition) is 2. The number of hydrogen-bond donors (Lipinski definition) is 1. The fourth-order valence-electron chi connectivity index (χ4n) is 5.88. The summed E-state index contributed by atoms with van der Waals surface area (Å²) in [6.45, 7) is 1.12. The van der Waals surface area contributed by atoms with Gasteiger partial charge in [-0.3, -0.25) is 0 Å². The first kappa shape index (κ1) is 24.5. The molecule has 0 atom stereocenters. The zero-order chi connectivity index (χ0) is 24.5. The Balaban J connectivity index is 1.37. The molecule has 1 aliphatic carbocycles. The van der Waals surface area contributed by atoms with E-state index in [1.165, 1.54) is 61.6 Å². The van der Waals surface area contributed by atoms with Crippen molar-refractivity contribution in [2.45, 2.75) is 69.4 Å². The Labute approximate surface area is 216 Å². The molecule has 1 aliphatic rings. The minimum absolute atomic E-state index is 0.476. The predicted octanol–water partition coefficient (Wildman–Crippen LogP) is 7.36. The second-order valence-electron chi connectivity index (χ2n) is 10.2. The highest BCUT2D eigenvalue weighted by atomic mass is 15.1. The normalized spacial score (nSPS) is 15.0. The van der Waals surface area contributed by atoms with Gasteiger partial charge in [0.25, 0.3) is 0 Å². The molecule has 0 spiro atoms. The van der Waals surface area contributed by atoms with Crippen LogP contribution in [-0.2, 0) is 12.0 Å². The third-order valence-corrected chi connectivity index (χ3v) is 7.75. The van der Waals surface area contributed by atoms with Gasteiger partial charge < -0.3 is 9.88 Å². The van der Waals surface area contributed by atoms with E-state index in [4.69, 9.17) is 4.98 Å². The fraction of sp³-hybridized carbons (Fsp3) is 0.364. The molecule has 5 rings (SSSR count). The SMILES string of the molecule is c1ccc(C(c2ccccc2)(c2ccccc2)n2cnc(CCCCNC3CCCCCC3)c2)cc1. The van der Waals surface area contributed by atoms with Crippen LogP contribution >= 0.6 is 0 Å². The van der Waals surface area contributed by atoms with E-state index in [-0.39, 0.29) is 0 Å². The Hall–Kier alpha value is -3.17. The molecule has 0 bridgehead atoms. The van der Waals surface area contributed by atoms with Gasteiger partial charge in [0.15, 0.2) is 0 Å². The number of unbranched alkanes of at least 4 members (excludes halogenated alkanes) is 1. The van der Waals surface area contributed by atoms with E-state index in [1.54, 1.807) is 0 Å². The molecule has 1 fully saturated rings. The summed E-state index contributed by atoms with van der Waals surface area (Å²) in [5.74, 6) is 0. The fourth-order valence-corrected chi connectivity index (χ4v) is 5.88. The summed E-state index contributed by atoms with van der Waals surface area (Å²) in [4.78, 5) is 4.90.